The fourth-order valence-corrected chi connectivity index (χ4v) is 2.72. The predicted octanol–water partition coefficient (Wildman–Crippen LogP) is 4.83. The van der Waals surface area contributed by atoms with Gasteiger partial charge in [-0.25, -0.2) is 4.39 Å². The molecule has 1 rings (SSSR count). The molecule has 0 saturated heterocycles. The highest BCUT2D eigenvalue weighted by molar-refractivity contribution is 6.30. The molecule has 1 atom stereocenters. The molecule has 0 heterocycles. The summed E-state index contributed by atoms with van der Waals surface area (Å²) in [6.45, 7) is 7.65. The highest BCUT2D eigenvalue weighted by Gasteiger charge is 2.18. The van der Waals surface area contributed by atoms with Crippen LogP contribution in [0.1, 0.15) is 45.6 Å². The zero-order valence-corrected chi connectivity index (χ0v) is 12.9. The molecule has 1 nitrogen and oxygen atoms in total. The van der Waals surface area contributed by atoms with Crippen molar-refractivity contribution in [1.29, 1.82) is 0 Å². The van der Waals surface area contributed by atoms with Gasteiger partial charge in [-0.05, 0) is 43.0 Å². The van der Waals surface area contributed by atoms with Crippen LogP contribution in [0, 0.1) is 11.7 Å². The van der Waals surface area contributed by atoms with Crippen LogP contribution in [0.25, 0.3) is 0 Å². The number of hydrogen-bond acceptors (Lipinski definition) is 1. The molecule has 0 fully saturated rings. The Balaban J connectivity index is 2.77. The van der Waals surface area contributed by atoms with E-state index in [0.29, 0.717) is 12.0 Å². The topological polar surface area (TPSA) is 12.0 Å². The third kappa shape index (κ3) is 5.12. The standard InChI is InChI=1S/C16H25ClFN/c1-4-9-19-16(13(5-2)6-3)11-12-7-8-15(18)14(17)10-12/h7-8,10,13,16,19H,4-6,9,11H2,1-3H3. The lowest BCUT2D eigenvalue weighted by molar-refractivity contribution is 0.332. The summed E-state index contributed by atoms with van der Waals surface area (Å²) in [5.41, 5.74) is 1.10. The molecule has 0 aliphatic rings. The van der Waals surface area contributed by atoms with Gasteiger partial charge in [0, 0.05) is 6.04 Å². The summed E-state index contributed by atoms with van der Waals surface area (Å²) in [6, 6.07) is 5.49. The van der Waals surface area contributed by atoms with Gasteiger partial charge in [0.15, 0.2) is 0 Å². The third-order valence-electron chi connectivity index (χ3n) is 3.71. The molecule has 0 spiro atoms. The molecule has 0 saturated carbocycles. The number of hydrogen-bond donors (Lipinski definition) is 1. The van der Waals surface area contributed by atoms with Crippen molar-refractivity contribution in [2.24, 2.45) is 5.92 Å². The zero-order valence-electron chi connectivity index (χ0n) is 12.2. The summed E-state index contributed by atoms with van der Waals surface area (Å²) < 4.78 is 13.2. The van der Waals surface area contributed by atoms with Crippen LogP contribution >= 0.6 is 11.6 Å². The van der Waals surface area contributed by atoms with E-state index >= 15 is 0 Å². The summed E-state index contributed by atoms with van der Waals surface area (Å²) in [5.74, 6) is 0.307. The van der Waals surface area contributed by atoms with E-state index in [4.69, 9.17) is 11.6 Å². The number of nitrogens with one attached hydrogen (secondary N) is 1. The van der Waals surface area contributed by atoms with Crippen molar-refractivity contribution in [1.82, 2.24) is 5.32 Å². The third-order valence-corrected chi connectivity index (χ3v) is 4.00. The molecule has 0 aliphatic heterocycles. The SMILES string of the molecule is CCCNC(Cc1ccc(F)c(Cl)c1)C(CC)CC. The van der Waals surface area contributed by atoms with E-state index < -0.39 is 0 Å². The van der Waals surface area contributed by atoms with Crippen LogP contribution in [0.2, 0.25) is 5.02 Å². The Morgan fingerprint density at radius 3 is 2.42 bits per heavy atom. The van der Waals surface area contributed by atoms with Gasteiger partial charge in [-0.15, -0.1) is 0 Å². The molecule has 0 amide bonds. The van der Waals surface area contributed by atoms with Gasteiger partial charge >= 0.3 is 0 Å². The highest BCUT2D eigenvalue weighted by atomic mass is 35.5. The van der Waals surface area contributed by atoms with Crippen molar-refractivity contribution < 1.29 is 4.39 Å². The first-order valence-corrected chi connectivity index (χ1v) is 7.67. The first-order chi connectivity index (χ1) is 9.12. The van der Waals surface area contributed by atoms with Crippen LogP contribution < -0.4 is 5.32 Å². The van der Waals surface area contributed by atoms with Crippen LogP contribution in [0.5, 0.6) is 0 Å². The van der Waals surface area contributed by atoms with Gasteiger partial charge in [-0.3, -0.25) is 0 Å². The largest absolute Gasteiger partial charge is 0.313 e. The lowest BCUT2D eigenvalue weighted by atomic mass is 9.89. The molecule has 108 valence electrons. The van der Waals surface area contributed by atoms with Gasteiger partial charge in [-0.1, -0.05) is 51.3 Å². The molecule has 0 bridgehead atoms. The van der Waals surface area contributed by atoms with Crippen molar-refractivity contribution in [3.8, 4) is 0 Å². The Morgan fingerprint density at radius 2 is 1.89 bits per heavy atom. The van der Waals surface area contributed by atoms with Crippen molar-refractivity contribution >= 4 is 11.6 Å². The van der Waals surface area contributed by atoms with Crippen molar-refractivity contribution in [3.63, 3.8) is 0 Å². The van der Waals surface area contributed by atoms with Crippen LogP contribution in [0.4, 0.5) is 4.39 Å². The summed E-state index contributed by atoms with van der Waals surface area (Å²) in [5, 5.41) is 3.84. The maximum Gasteiger partial charge on any atom is 0.141 e. The Kier molecular flexibility index (Phi) is 7.40. The quantitative estimate of drug-likeness (QED) is 0.722. The second-order valence-electron chi connectivity index (χ2n) is 5.09. The van der Waals surface area contributed by atoms with E-state index in [1.807, 2.05) is 6.07 Å². The fourth-order valence-electron chi connectivity index (χ4n) is 2.51. The Hall–Kier alpha value is -0.600. The van der Waals surface area contributed by atoms with Crippen LogP contribution in [-0.4, -0.2) is 12.6 Å². The average molecular weight is 286 g/mol. The molecule has 0 aliphatic carbocycles. The second-order valence-corrected chi connectivity index (χ2v) is 5.50. The summed E-state index contributed by atoms with van der Waals surface area (Å²) >= 11 is 5.85. The molecular weight excluding hydrogens is 261 g/mol. The molecule has 1 unspecified atom stereocenters. The summed E-state index contributed by atoms with van der Waals surface area (Å²) in [4.78, 5) is 0. The number of halogens is 2. The van der Waals surface area contributed by atoms with Crippen LogP contribution in [0.3, 0.4) is 0 Å². The van der Waals surface area contributed by atoms with E-state index in [0.717, 1.165) is 37.8 Å². The number of benzene rings is 1. The number of rotatable bonds is 8. The minimum Gasteiger partial charge on any atom is -0.313 e. The molecule has 0 radical (unpaired) electrons. The normalized spacial score (nSPS) is 12.9. The Bertz CT molecular complexity index is 377. The van der Waals surface area contributed by atoms with Gasteiger partial charge in [0.25, 0.3) is 0 Å². The molecule has 1 N–H and O–H groups in total. The highest BCUT2D eigenvalue weighted by Crippen LogP contribution is 2.21. The fraction of sp³-hybridized carbons (Fsp3) is 0.625. The lowest BCUT2D eigenvalue weighted by Crippen LogP contribution is -2.38. The maximum absolute atomic E-state index is 13.2. The van der Waals surface area contributed by atoms with E-state index in [9.17, 15) is 4.39 Å². The molecule has 0 aromatic heterocycles. The van der Waals surface area contributed by atoms with Gasteiger partial charge in [0.1, 0.15) is 5.82 Å². The van der Waals surface area contributed by atoms with E-state index in [1.54, 1.807) is 6.07 Å². The lowest BCUT2D eigenvalue weighted by Gasteiger charge is -2.26. The van der Waals surface area contributed by atoms with E-state index in [-0.39, 0.29) is 10.8 Å². The first kappa shape index (κ1) is 16.5. The second kappa shape index (κ2) is 8.55. The summed E-state index contributed by atoms with van der Waals surface area (Å²) in [6.07, 6.45) is 4.35. The Morgan fingerprint density at radius 1 is 1.21 bits per heavy atom. The van der Waals surface area contributed by atoms with Crippen LogP contribution in [-0.2, 0) is 6.42 Å². The minimum atomic E-state index is -0.342. The van der Waals surface area contributed by atoms with Gasteiger partial charge in [-0.2, -0.15) is 0 Å². The Labute approximate surface area is 121 Å². The molecule has 19 heavy (non-hydrogen) atoms. The average Bonchev–Trinajstić information content (AvgIpc) is 2.41. The van der Waals surface area contributed by atoms with Gasteiger partial charge < -0.3 is 5.32 Å². The van der Waals surface area contributed by atoms with E-state index in [1.165, 1.54) is 6.07 Å². The van der Waals surface area contributed by atoms with Crippen molar-refractivity contribution in [2.45, 2.75) is 52.5 Å². The maximum atomic E-state index is 13.2. The van der Waals surface area contributed by atoms with Gasteiger partial charge in [0.2, 0.25) is 0 Å². The minimum absolute atomic E-state index is 0.219. The van der Waals surface area contributed by atoms with Gasteiger partial charge in [0.05, 0.1) is 5.02 Å². The first-order valence-electron chi connectivity index (χ1n) is 7.29. The van der Waals surface area contributed by atoms with Crippen LogP contribution in [0.15, 0.2) is 18.2 Å². The van der Waals surface area contributed by atoms with E-state index in [2.05, 4.69) is 26.1 Å². The zero-order chi connectivity index (χ0) is 14.3. The molecular formula is C16H25ClFN. The van der Waals surface area contributed by atoms with Crippen molar-refractivity contribution in [2.75, 3.05) is 6.54 Å². The molecule has 3 heteroatoms. The monoisotopic (exact) mass is 285 g/mol. The van der Waals surface area contributed by atoms with Crippen molar-refractivity contribution in [3.05, 3.63) is 34.6 Å². The molecule has 1 aromatic rings. The summed E-state index contributed by atoms with van der Waals surface area (Å²) in [7, 11) is 0. The molecule has 1 aromatic carbocycles. The predicted molar refractivity (Wildman–Crippen MR) is 81.3 cm³/mol. The smallest absolute Gasteiger partial charge is 0.141 e.